The Morgan fingerprint density at radius 1 is 1.32 bits per heavy atom. The second kappa shape index (κ2) is 7.41. The van der Waals surface area contributed by atoms with Gasteiger partial charge in [-0.15, -0.1) is 22.7 Å². The van der Waals surface area contributed by atoms with Crippen molar-refractivity contribution in [3.63, 3.8) is 0 Å². The SMILES string of the molecule is O=C(NCc1cscn1)N1CCN(Cc2ccc(Cl)s2)CC1. The van der Waals surface area contributed by atoms with Crippen LogP contribution in [-0.4, -0.2) is 47.0 Å². The number of carbonyl (C=O) groups excluding carboxylic acids is 1. The number of urea groups is 1. The van der Waals surface area contributed by atoms with Crippen LogP contribution in [0.15, 0.2) is 23.0 Å². The first-order valence-corrected chi connectivity index (χ1v) is 9.21. The van der Waals surface area contributed by atoms with Crippen molar-refractivity contribution in [1.29, 1.82) is 0 Å². The first kappa shape index (κ1) is 15.7. The van der Waals surface area contributed by atoms with Gasteiger partial charge in [-0.2, -0.15) is 0 Å². The molecule has 22 heavy (non-hydrogen) atoms. The van der Waals surface area contributed by atoms with E-state index in [1.54, 1.807) is 16.8 Å². The van der Waals surface area contributed by atoms with E-state index in [4.69, 9.17) is 11.6 Å². The molecule has 1 aliphatic rings. The monoisotopic (exact) mass is 356 g/mol. The van der Waals surface area contributed by atoms with E-state index in [9.17, 15) is 4.79 Å². The van der Waals surface area contributed by atoms with Crippen LogP contribution < -0.4 is 5.32 Å². The average Bonchev–Trinajstić information content (AvgIpc) is 3.17. The van der Waals surface area contributed by atoms with Crippen molar-refractivity contribution >= 4 is 40.3 Å². The van der Waals surface area contributed by atoms with E-state index in [0.29, 0.717) is 6.54 Å². The molecule has 2 aromatic rings. The number of carbonyl (C=O) groups is 1. The van der Waals surface area contributed by atoms with Gasteiger partial charge in [-0.3, -0.25) is 4.90 Å². The van der Waals surface area contributed by atoms with Gasteiger partial charge in [0.25, 0.3) is 0 Å². The first-order valence-electron chi connectivity index (χ1n) is 7.07. The molecule has 0 unspecified atom stereocenters. The van der Waals surface area contributed by atoms with E-state index in [0.717, 1.165) is 42.8 Å². The maximum absolute atomic E-state index is 12.1. The van der Waals surface area contributed by atoms with E-state index in [1.807, 2.05) is 16.3 Å². The molecule has 3 heterocycles. The van der Waals surface area contributed by atoms with Crippen molar-refractivity contribution in [3.8, 4) is 0 Å². The van der Waals surface area contributed by atoms with Gasteiger partial charge in [-0.25, -0.2) is 9.78 Å². The van der Waals surface area contributed by atoms with E-state index < -0.39 is 0 Å². The lowest BCUT2D eigenvalue weighted by Crippen LogP contribution is -2.51. The zero-order chi connectivity index (χ0) is 15.4. The number of piperazine rings is 1. The lowest BCUT2D eigenvalue weighted by atomic mass is 10.3. The largest absolute Gasteiger partial charge is 0.332 e. The van der Waals surface area contributed by atoms with Gasteiger partial charge in [0.2, 0.25) is 0 Å². The average molecular weight is 357 g/mol. The Balaban J connectivity index is 1.42. The predicted molar refractivity (Wildman–Crippen MR) is 90.5 cm³/mol. The number of thiazole rings is 1. The van der Waals surface area contributed by atoms with Crippen LogP contribution in [0.1, 0.15) is 10.6 Å². The van der Waals surface area contributed by atoms with Crippen LogP contribution in [0.4, 0.5) is 4.79 Å². The summed E-state index contributed by atoms with van der Waals surface area (Å²) in [5.74, 6) is 0. The number of aromatic nitrogens is 1. The number of nitrogens with one attached hydrogen (secondary N) is 1. The minimum absolute atomic E-state index is 0.00758. The molecule has 2 amide bonds. The number of nitrogens with zero attached hydrogens (tertiary/aromatic N) is 3. The molecule has 8 heteroatoms. The lowest BCUT2D eigenvalue weighted by molar-refractivity contribution is 0.135. The molecule has 0 aliphatic carbocycles. The Morgan fingerprint density at radius 2 is 2.14 bits per heavy atom. The van der Waals surface area contributed by atoms with Gasteiger partial charge in [0.05, 0.1) is 22.1 Å². The molecule has 0 bridgehead atoms. The number of hydrogen-bond acceptors (Lipinski definition) is 5. The summed E-state index contributed by atoms with van der Waals surface area (Å²) >= 11 is 9.11. The molecule has 1 saturated heterocycles. The van der Waals surface area contributed by atoms with Gasteiger partial charge in [-0.1, -0.05) is 11.6 Å². The summed E-state index contributed by atoms with van der Waals surface area (Å²) in [5, 5.41) is 4.87. The number of hydrogen-bond donors (Lipinski definition) is 1. The molecule has 0 saturated carbocycles. The highest BCUT2D eigenvalue weighted by Crippen LogP contribution is 2.23. The van der Waals surface area contributed by atoms with Crippen LogP contribution in [0.5, 0.6) is 0 Å². The molecule has 2 aromatic heterocycles. The number of rotatable bonds is 4. The van der Waals surface area contributed by atoms with Gasteiger partial charge in [0, 0.05) is 43.0 Å². The standard InChI is InChI=1S/C14H17ClN4OS2/c15-13-2-1-12(22-13)8-18-3-5-19(6-4-18)14(20)16-7-11-9-21-10-17-11/h1-2,9-10H,3-8H2,(H,16,20). The van der Waals surface area contributed by atoms with Crippen LogP contribution in [0, 0.1) is 0 Å². The quantitative estimate of drug-likeness (QED) is 0.916. The number of amides is 2. The summed E-state index contributed by atoms with van der Waals surface area (Å²) in [6, 6.07) is 4.00. The molecule has 0 aromatic carbocycles. The normalized spacial score (nSPS) is 16.0. The summed E-state index contributed by atoms with van der Waals surface area (Å²) in [7, 11) is 0. The minimum Gasteiger partial charge on any atom is -0.332 e. The molecule has 0 atom stereocenters. The van der Waals surface area contributed by atoms with Crippen LogP contribution in [0.2, 0.25) is 4.34 Å². The van der Waals surface area contributed by atoms with Gasteiger partial charge >= 0.3 is 6.03 Å². The van der Waals surface area contributed by atoms with Crippen LogP contribution in [0.25, 0.3) is 0 Å². The summed E-state index contributed by atoms with van der Waals surface area (Å²) in [6.45, 7) is 4.69. The van der Waals surface area contributed by atoms with Crippen molar-refractivity contribution in [2.24, 2.45) is 0 Å². The smallest absolute Gasteiger partial charge is 0.317 e. The van der Waals surface area contributed by atoms with Crippen molar-refractivity contribution in [2.75, 3.05) is 26.2 Å². The Kier molecular flexibility index (Phi) is 5.30. The lowest BCUT2D eigenvalue weighted by Gasteiger charge is -2.34. The Bertz CT molecular complexity index is 608. The molecule has 1 fully saturated rings. The van der Waals surface area contributed by atoms with Crippen molar-refractivity contribution in [2.45, 2.75) is 13.1 Å². The van der Waals surface area contributed by atoms with Crippen LogP contribution in [-0.2, 0) is 13.1 Å². The number of thiophene rings is 1. The fourth-order valence-corrected chi connectivity index (χ4v) is 4.06. The second-order valence-electron chi connectivity index (χ2n) is 5.11. The zero-order valence-corrected chi connectivity index (χ0v) is 14.4. The van der Waals surface area contributed by atoms with Crippen molar-refractivity contribution in [1.82, 2.24) is 20.1 Å². The van der Waals surface area contributed by atoms with E-state index in [2.05, 4.69) is 21.3 Å². The maximum atomic E-state index is 12.1. The summed E-state index contributed by atoms with van der Waals surface area (Å²) in [6.07, 6.45) is 0. The van der Waals surface area contributed by atoms with Gasteiger partial charge < -0.3 is 10.2 Å². The van der Waals surface area contributed by atoms with Crippen molar-refractivity contribution < 1.29 is 4.79 Å². The molecular formula is C14H17ClN4OS2. The summed E-state index contributed by atoms with van der Waals surface area (Å²) < 4.78 is 0.829. The highest BCUT2D eigenvalue weighted by Gasteiger charge is 2.21. The molecule has 0 radical (unpaired) electrons. The molecule has 1 N–H and O–H groups in total. The Morgan fingerprint density at radius 3 is 2.77 bits per heavy atom. The summed E-state index contributed by atoms with van der Waals surface area (Å²) in [5.41, 5.74) is 2.68. The third-order valence-electron chi connectivity index (χ3n) is 3.57. The van der Waals surface area contributed by atoms with Gasteiger partial charge in [0.1, 0.15) is 0 Å². The Hall–Kier alpha value is -1.15. The molecular weight excluding hydrogens is 340 g/mol. The third-order valence-corrected chi connectivity index (χ3v) is 5.42. The van der Waals surface area contributed by atoms with Gasteiger partial charge in [-0.05, 0) is 12.1 Å². The molecule has 1 aliphatic heterocycles. The Labute approximate surface area is 142 Å². The maximum Gasteiger partial charge on any atom is 0.317 e. The highest BCUT2D eigenvalue weighted by molar-refractivity contribution is 7.16. The van der Waals surface area contributed by atoms with Gasteiger partial charge in [0.15, 0.2) is 0 Å². The third kappa shape index (κ3) is 4.19. The van der Waals surface area contributed by atoms with E-state index in [-0.39, 0.29) is 6.03 Å². The molecule has 5 nitrogen and oxygen atoms in total. The molecule has 0 spiro atoms. The fraction of sp³-hybridized carbons (Fsp3) is 0.429. The number of halogens is 1. The fourth-order valence-electron chi connectivity index (χ4n) is 2.37. The zero-order valence-electron chi connectivity index (χ0n) is 12.0. The van der Waals surface area contributed by atoms with Crippen molar-refractivity contribution in [3.05, 3.63) is 37.9 Å². The molecule has 118 valence electrons. The van der Waals surface area contributed by atoms with E-state index in [1.165, 1.54) is 16.2 Å². The molecule has 3 rings (SSSR count). The second-order valence-corrected chi connectivity index (χ2v) is 7.63. The van der Waals surface area contributed by atoms with Crippen LogP contribution >= 0.6 is 34.3 Å². The predicted octanol–water partition coefficient (Wildman–Crippen LogP) is 2.89. The van der Waals surface area contributed by atoms with Crippen LogP contribution in [0.3, 0.4) is 0 Å². The highest BCUT2D eigenvalue weighted by atomic mass is 35.5. The minimum atomic E-state index is -0.00758. The topological polar surface area (TPSA) is 48.5 Å². The van der Waals surface area contributed by atoms with E-state index >= 15 is 0 Å². The first-order chi connectivity index (χ1) is 10.7. The summed E-state index contributed by atoms with van der Waals surface area (Å²) in [4.78, 5) is 21.8.